The van der Waals surface area contributed by atoms with Crippen LogP contribution in [0.2, 0.25) is 0 Å². The normalized spacial score (nSPS) is 11.7. The van der Waals surface area contributed by atoms with Crippen molar-refractivity contribution in [2.75, 3.05) is 6.54 Å². The van der Waals surface area contributed by atoms with E-state index in [-0.39, 0.29) is 11.8 Å². The lowest BCUT2D eigenvalue weighted by Crippen LogP contribution is -2.29. The number of nitrogens with one attached hydrogen (secondary N) is 1. The van der Waals surface area contributed by atoms with E-state index in [4.69, 9.17) is 0 Å². The number of carbonyl (C=O) groups is 1. The first-order valence-corrected chi connectivity index (χ1v) is 9.17. The Labute approximate surface area is 155 Å². The number of hydrogen-bond donors (Lipinski definition) is 1. The van der Waals surface area contributed by atoms with Crippen LogP contribution >= 0.6 is 0 Å². The molecule has 3 rings (SSSR count). The maximum atomic E-state index is 12.5. The van der Waals surface area contributed by atoms with Gasteiger partial charge in [-0.05, 0) is 42.0 Å². The predicted octanol–water partition coefficient (Wildman–Crippen LogP) is 4.74. The van der Waals surface area contributed by atoms with Crippen LogP contribution in [0.15, 0.2) is 84.9 Å². The van der Waals surface area contributed by atoms with Crippen molar-refractivity contribution in [1.29, 1.82) is 0 Å². The van der Waals surface area contributed by atoms with E-state index >= 15 is 0 Å². The Balaban J connectivity index is 1.57. The van der Waals surface area contributed by atoms with Gasteiger partial charge in [0.2, 0.25) is 5.91 Å². The summed E-state index contributed by atoms with van der Waals surface area (Å²) in [7, 11) is 0. The van der Waals surface area contributed by atoms with Crippen molar-refractivity contribution in [3.05, 3.63) is 107 Å². The summed E-state index contributed by atoms with van der Waals surface area (Å²) in [6.45, 7) is 2.64. The molecule has 0 radical (unpaired) electrons. The number of rotatable bonds is 7. The maximum Gasteiger partial charge on any atom is 0.227 e. The molecule has 0 spiro atoms. The second-order valence-electron chi connectivity index (χ2n) is 6.66. The van der Waals surface area contributed by atoms with E-state index in [1.54, 1.807) is 0 Å². The molecule has 26 heavy (non-hydrogen) atoms. The number of benzene rings is 3. The monoisotopic (exact) mass is 343 g/mol. The summed E-state index contributed by atoms with van der Waals surface area (Å²) in [6.07, 6.45) is 1.74. The Kier molecular flexibility index (Phi) is 6.21. The zero-order chi connectivity index (χ0) is 18.2. The van der Waals surface area contributed by atoms with Crippen LogP contribution in [0.5, 0.6) is 0 Å². The molecule has 0 saturated carbocycles. The summed E-state index contributed by atoms with van der Waals surface area (Å²) in [5, 5.41) is 3.06. The van der Waals surface area contributed by atoms with Gasteiger partial charge >= 0.3 is 0 Å². The Morgan fingerprint density at radius 1 is 0.808 bits per heavy atom. The molecule has 2 heteroatoms. The van der Waals surface area contributed by atoms with Crippen molar-refractivity contribution in [2.24, 2.45) is 0 Å². The van der Waals surface area contributed by atoms with Gasteiger partial charge in [0, 0.05) is 6.54 Å². The molecule has 0 bridgehead atoms. The van der Waals surface area contributed by atoms with Gasteiger partial charge in [0.05, 0.1) is 5.92 Å². The predicted molar refractivity (Wildman–Crippen MR) is 107 cm³/mol. The largest absolute Gasteiger partial charge is 0.355 e. The van der Waals surface area contributed by atoms with Gasteiger partial charge in [0.15, 0.2) is 0 Å². The highest BCUT2D eigenvalue weighted by molar-refractivity contribution is 5.83. The van der Waals surface area contributed by atoms with E-state index in [9.17, 15) is 4.79 Å². The Hall–Kier alpha value is -2.87. The molecular formula is C24H25NO. The quantitative estimate of drug-likeness (QED) is 0.659. The third-order valence-electron chi connectivity index (χ3n) is 4.65. The Morgan fingerprint density at radius 3 is 2.12 bits per heavy atom. The van der Waals surface area contributed by atoms with E-state index < -0.39 is 0 Å². The molecule has 132 valence electrons. The molecular weight excluding hydrogens is 318 g/mol. The molecule has 0 fully saturated rings. The number of carbonyl (C=O) groups excluding carboxylic acids is 1. The van der Waals surface area contributed by atoms with Crippen molar-refractivity contribution in [1.82, 2.24) is 5.32 Å². The fourth-order valence-electron chi connectivity index (χ4n) is 3.08. The fourth-order valence-corrected chi connectivity index (χ4v) is 3.08. The highest BCUT2D eigenvalue weighted by atomic mass is 16.1. The summed E-state index contributed by atoms with van der Waals surface area (Å²) in [5.41, 5.74) is 4.82. The number of amides is 1. The third kappa shape index (κ3) is 5.06. The molecule has 2 nitrogen and oxygen atoms in total. The minimum atomic E-state index is -0.151. The summed E-state index contributed by atoms with van der Waals surface area (Å²) in [6, 6.07) is 29.0. The van der Waals surface area contributed by atoms with Crippen LogP contribution in [-0.2, 0) is 17.6 Å². The highest BCUT2D eigenvalue weighted by Crippen LogP contribution is 2.19. The van der Waals surface area contributed by atoms with E-state index in [1.807, 2.05) is 43.3 Å². The second kappa shape index (κ2) is 9.00. The molecule has 0 aromatic heterocycles. The van der Waals surface area contributed by atoms with Crippen LogP contribution in [0.3, 0.4) is 0 Å². The van der Waals surface area contributed by atoms with Gasteiger partial charge in [-0.2, -0.15) is 0 Å². The summed E-state index contributed by atoms with van der Waals surface area (Å²) in [5.74, 6) is -0.0701. The third-order valence-corrected chi connectivity index (χ3v) is 4.65. The molecule has 0 heterocycles. The minimum absolute atomic E-state index is 0.0813. The van der Waals surface area contributed by atoms with Gasteiger partial charge in [-0.25, -0.2) is 0 Å². The van der Waals surface area contributed by atoms with E-state index in [0.717, 1.165) is 18.4 Å². The molecule has 1 atom stereocenters. The lowest BCUT2D eigenvalue weighted by Gasteiger charge is -2.14. The SMILES string of the molecule is CC(C(=O)NCCc1ccccc1)c1cccc(Cc2ccccc2)c1. The summed E-state index contributed by atoms with van der Waals surface area (Å²) < 4.78 is 0. The van der Waals surface area contributed by atoms with Crippen molar-refractivity contribution in [2.45, 2.75) is 25.7 Å². The average molecular weight is 343 g/mol. The van der Waals surface area contributed by atoms with Crippen LogP contribution in [0, 0.1) is 0 Å². The van der Waals surface area contributed by atoms with Gasteiger partial charge in [-0.15, -0.1) is 0 Å². The van der Waals surface area contributed by atoms with Crippen LogP contribution in [0.25, 0.3) is 0 Å². The topological polar surface area (TPSA) is 29.1 Å². The molecule has 1 unspecified atom stereocenters. The average Bonchev–Trinajstić information content (AvgIpc) is 2.69. The van der Waals surface area contributed by atoms with Gasteiger partial charge in [0.1, 0.15) is 0 Å². The minimum Gasteiger partial charge on any atom is -0.355 e. The van der Waals surface area contributed by atoms with Gasteiger partial charge < -0.3 is 5.32 Å². The maximum absolute atomic E-state index is 12.5. The van der Waals surface area contributed by atoms with E-state index in [1.165, 1.54) is 16.7 Å². The molecule has 1 N–H and O–H groups in total. The summed E-state index contributed by atoms with van der Waals surface area (Å²) >= 11 is 0. The smallest absolute Gasteiger partial charge is 0.227 e. The van der Waals surface area contributed by atoms with Crippen molar-refractivity contribution >= 4 is 5.91 Å². The zero-order valence-electron chi connectivity index (χ0n) is 15.2. The van der Waals surface area contributed by atoms with E-state index in [0.29, 0.717) is 6.54 Å². The molecule has 0 aliphatic carbocycles. The lowest BCUT2D eigenvalue weighted by molar-refractivity contribution is -0.122. The second-order valence-corrected chi connectivity index (χ2v) is 6.66. The molecule has 3 aromatic carbocycles. The van der Waals surface area contributed by atoms with E-state index in [2.05, 4.69) is 53.8 Å². The van der Waals surface area contributed by atoms with Crippen molar-refractivity contribution in [3.8, 4) is 0 Å². The van der Waals surface area contributed by atoms with Crippen LogP contribution in [0.1, 0.15) is 35.1 Å². The van der Waals surface area contributed by atoms with Gasteiger partial charge in [-0.3, -0.25) is 4.79 Å². The molecule has 0 aliphatic rings. The molecule has 1 amide bonds. The van der Waals surface area contributed by atoms with Gasteiger partial charge in [0.25, 0.3) is 0 Å². The first-order chi connectivity index (χ1) is 12.7. The first-order valence-electron chi connectivity index (χ1n) is 9.17. The van der Waals surface area contributed by atoms with Crippen LogP contribution < -0.4 is 5.32 Å². The summed E-state index contributed by atoms with van der Waals surface area (Å²) in [4.78, 5) is 12.5. The Morgan fingerprint density at radius 2 is 1.42 bits per heavy atom. The molecule has 0 aliphatic heterocycles. The zero-order valence-corrected chi connectivity index (χ0v) is 15.2. The van der Waals surface area contributed by atoms with Crippen LogP contribution in [-0.4, -0.2) is 12.5 Å². The molecule has 3 aromatic rings. The number of hydrogen-bond acceptors (Lipinski definition) is 1. The fraction of sp³-hybridized carbons (Fsp3) is 0.208. The van der Waals surface area contributed by atoms with Gasteiger partial charge in [-0.1, -0.05) is 84.9 Å². The highest BCUT2D eigenvalue weighted by Gasteiger charge is 2.15. The van der Waals surface area contributed by atoms with Crippen molar-refractivity contribution < 1.29 is 4.79 Å². The van der Waals surface area contributed by atoms with Crippen molar-refractivity contribution in [3.63, 3.8) is 0 Å². The first kappa shape index (κ1) is 17.9. The lowest BCUT2D eigenvalue weighted by atomic mass is 9.96. The molecule has 0 saturated heterocycles. The standard InChI is InChI=1S/C24H25NO/c1-19(24(26)25-16-15-20-9-4-2-5-10-20)23-14-8-13-22(18-23)17-21-11-6-3-7-12-21/h2-14,18-19H,15-17H2,1H3,(H,25,26). The Bertz CT molecular complexity index is 827. The van der Waals surface area contributed by atoms with Crippen LogP contribution in [0.4, 0.5) is 0 Å².